The van der Waals surface area contributed by atoms with E-state index < -0.39 is 15.6 Å². The Hall–Kier alpha value is -1.38. The summed E-state index contributed by atoms with van der Waals surface area (Å²) < 4.78 is 26.9. The summed E-state index contributed by atoms with van der Waals surface area (Å²) >= 11 is 0. The largest absolute Gasteiger partial charge is 0.241 e. The van der Waals surface area contributed by atoms with Gasteiger partial charge in [-0.15, -0.1) is 0 Å². The quantitative estimate of drug-likeness (QED) is 0.903. The molecular formula is C13H16N2O2S. The van der Waals surface area contributed by atoms with Gasteiger partial charge in [-0.2, -0.15) is 9.98 Å². The molecule has 1 aromatic carbocycles. The third-order valence-corrected chi connectivity index (χ3v) is 4.89. The van der Waals surface area contributed by atoms with E-state index in [1.807, 2.05) is 6.92 Å². The van der Waals surface area contributed by atoms with Crippen LogP contribution in [0.2, 0.25) is 0 Å². The number of benzene rings is 1. The molecule has 1 atom stereocenters. The Morgan fingerprint density at radius 1 is 1.33 bits per heavy atom. The van der Waals surface area contributed by atoms with Crippen molar-refractivity contribution in [1.29, 1.82) is 5.26 Å². The van der Waals surface area contributed by atoms with Gasteiger partial charge in [0.15, 0.2) is 0 Å². The lowest BCUT2D eigenvalue weighted by molar-refractivity contribution is 0.458. The summed E-state index contributed by atoms with van der Waals surface area (Å²) in [5, 5.41) is 9.17. The van der Waals surface area contributed by atoms with Crippen LogP contribution in [0.5, 0.6) is 0 Å². The first-order valence-corrected chi connectivity index (χ1v) is 7.37. The second-order valence-corrected chi connectivity index (χ2v) is 6.69. The number of sulfonamides is 1. The molecule has 0 amide bonds. The maximum absolute atomic E-state index is 12.2. The average molecular weight is 264 g/mol. The van der Waals surface area contributed by atoms with E-state index in [9.17, 15) is 13.7 Å². The fourth-order valence-electron chi connectivity index (χ4n) is 1.91. The molecule has 96 valence electrons. The van der Waals surface area contributed by atoms with Gasteiger partial charge in [-0.3, -0.25) is 0 Å². The molecule has 0 aromatic heterocycles. The topological polar surface area (TPSA) is 70.0 Å². The zero-order valence-electron chi connectivity index (χ0n) is 10.5. The van der Waals surface area contributed by atoms with Crippen molar-refractivity contribution in [3.63, 3.8) is 0 Å². The van der Waals surface area contributed by atoms with E-state index in [-0.39, 0.29) is 10.8 Å². The second kappa shape index (κ2) is 4.38. The number of hydrogen-bond acceptors (Lipinski definition) is 3. The fourth-order valence-corrected chi connectivity index (χ4v) is 3.30. The molecule has 0 aliphatic heterocycles. The minimum absolute atomic E-state index is 0.128. The summed E-state index contributed by atoms with van der Waals surface area (Å²) in [6.45, 7) is 3.55. The maximum atomic E-state index is 12.2. The molecule has 5 heteroatoms. The normalized spacial score (nSPS) is 18.9. The number of hydrogen-bond donors (Lipinski definition) is 1. The lowest BCUT2D eigenvalue weighted by Crippen LogP contribution is -2.46. The molecule has 1 N–H and O–H groups in total. The first-order valence-electron chi connectivity index (χ1n) is 5.89. The molecule has 0 unspecified atom stereocenters. The van der Waals surface area contributed by atoms with Crippen molar-refractivity contribution >= 4 is 10.0 Å². The molecule has 0 spiro atoms. The van der Waals surface area contributed by atoms with E-state index >= 15 is 0 Å². The van der Waals surface area contributed by atoms with Crippen molar-refractivity contribution in [3.05, 3.63) is 29.8 Å². The summed E-state index contributed by atoms with van der Waals surface area (Å²) in [7, 11) is -3.62. The molecule has 0 saturated heterocycles. The van der Waals surface area contributed by atoms with Gasteiger partial charge in [-0.25, -0.2) is 8.42 Å². The van der Waals surface area contributed by atoms with Crippen LogP contribution in [-0.2, 0) is 10.0 Å². The zero-order chi connectivity index (χ0) is 13.4. The zero-order valence-corrected chi connectivity index (χ0v) is 11.3. The predicted octanol–water partition coefficient (Wildman–Crippen LogP) is 1.97. The summed E-state index contributed by atoms with van der Waals surface area (Å²) in [4.78, 5) is 0.204. The van der Waals surface area contributed by atoms with Crippen LogP contribution < -0.4 is 4.72 Å². The van der Waals surface area contributed by atoms with Crippen LogP contribution in [0.15, 0.2) is 29.2 Å². The van der Waals surface area contributed by atoms with Gasteiger partial charge in [0.2, 0.25) is 10.0 Å². The van der Waals surface area contributed by atoms with Crippen molar-refractivity contribution in [1.82, 2.24) is 4.72 Å². The van der Waals surface area contributed by atoms with Crippen molar-refractivity contribution in [2.45, 2.75) is 37.1 Å². The third-order valence-electron chi connectivity index (χ3n) is 3.30. The average Bonchev–Trinajstić information content (AvgIpc) is 3.13. The molecule has 4 nitrogen and oxygen atoms in total. The Morgan fingerprint density at radius 2 is 1.89 bits per heavy atom. The molecular weight excluding hydrogens is 248 g/mol. The third kappa shape index (κ3) is 2.55. The highest BCUT2D eigenvalue weighted by molar-refractivity contribution is 7.89. The Morgan fingerprint density at radius 3 is 2.33 bits per heavy atom. The van der Waals surface area contributed by atoms with Crippen LogP contribution in [0.4, 0.5) is 0 Å². The Balaban J connectivity index is 2.27. The Bertz CT molecular complexity index is 582. The monoisotopic (exact) mass is 264 g/mol. The van der Waals surface area contributed by atoms with E-state index in [1.165, 1.54) is 0 Å². The summed E-state index contributed by atoms with van der Waals surface area (Å²) in [6, 6.07) is 8.69. The number of rotatable bonds is 4. The van der Waals surface area contributed by atoms with Gasteiger partial charge in [0.1, 0.15) is 5.54 Å². The van der Waals surface area contributed by atoms with Gasteiger partial charge in [-0.05, 0) is 44.7 Å². The second-order valence-electron chi connectivity index (χ2n) is 5.01. The van der Waals surface area contributed by atoms with Gasteiger partial charge in [0.05, 0.1) is 11.0 Å². The first-order chi connectivity index (χ1) is 8.37. The fraction of sp³-hybridized carbons (Fsp3) is 0.462. The van der Waals surface area contributed by atoms with E-state index in [1.54, 1.807) is 31.2 Å². The molecule has 1 aliphatic carbocycles. The number of nitrogens with zero attached hydrogens (tertiary/aromatic N) is 1. The molecule has 0 bridgehead atoms. The number of aryl methyl sites for hydroxylation is 1. The highest BCUT2D eigenvalue weighted by Crippen LogP contribution is 2.39. The van der Waals surface area contributed by atoms with E-state index in [2.05, 4.69) is 10.8 Å². The number of nitriles is 1. The van der Waals surface area contributed by atoms with E-state index in [0.29, 0.717) is 0 Å². The Kier molecular flexibility index (Phi) is 3.18. The van der Waals surface area contributed by atoms with Gasteiger partial charge in [0, 0.05) is 0 Å². The minimum Gasteiger partial charge on any atom is -0.207 e. The maximum Gasteiger partial charge on any atom is 0.241 e. The molecule has 2 rings (SSSR count). The van der Waals surface area contributed by atoms with Gasteiger partial charge < -0.3 is 0 Å². The van der Waals surface area contributed by atoms with Crippen LogP contribution >= 0.6 is 0 Å². The van der Waals surface area contributed by atoms with E-state index in [4.69, 9.17) is 0 Å². The van der Waals surface area contributed by atoms with Crippen LogP contribution in [0, 0.1) is 24.2 Å². The lowest BCUT2D eigenvalue weighted by atomic mass is 10.0. The highest BCUT2D eigenvalue weighted by atomic mass is 32.2. The van der Waals surface area contributed by atoms with Crippen molar-refractivity contribution in [2.75, 3.05) is 0 Å². The van der Waals surface area contributed by atoms with Gasteiger partial charge in [0.25, 0.3) is 0 Å². The number of nitrogens with one attached hydrogen (secondary N) is 1. The van der Waals surface area contributed by atoms with E-state index in [0.717, 1.165) is 18.4 Å². The summed E-state index contributed by atoms with van der Waals surface area (Å²) in [5.74, 6) is 0.128. The molecule has 1 aliphatic rings. The van der Waals surface area contributed by atoms with Crippen LogP contribution in [-0.4, -0.2) is 14.0 Å². The molecule has 0 heterocycles. The molecule has 1 fully saturated rings. The van der Waals surface area contributed by atoms with Crippen LogP contribution in [0.25, 0.3) is 0 Å². The van der Waals surface area contributed by atoms with Crippen molar-refractivity contribution in [2.24, 2.45) is 5.92 Å². The summed E-state index contributed by atoms with van der Waals surface area (Å²) in [6.07, 6.45) is 1.81. The predicted molar refractivity (Wildman–Crippen MR) is 68.2 cm³/mol. The molecule has 1 saturated carbocycles. The molecule has 1 aromatic rings. The smallest absolute Gasteiger partial charge is 0.207 e. The van der Waals surface area contributed by atoms with Gasteiger partial charge >= 0.3 is 0 Å². The highest BCUT2D eigenvalue weighted by Gasteiger charge is 2.44. The molecule has 0 radical (unpaired) electrons. The SMILES string of the molecule is Cc1ccc(S(=O)(=O)N[C@@](C)(C#N)C2CC2)cc1. The standard InChI is InChI=1S/C13H16N2O2S/c1-10-3-7-12(8-4-10)18(16,17)15-13(2,9-14)11-5-6-11/h3-4,7-8,11,15H,5-6H2,1-2H3/t13-/m0/s1. The summed E-state index contributed by atoms with van der Waals surface area (Å²) in [5.41, 5.74) is 0.00294. The van der Waals surface area contributed by atoms with Crippen LogP contribution in [0.3, 0.4) is 0 Å². The molecule has 18 heavy (non-hydrogen) atoms. The lowest BCUT2D eigenvalue weighted by Gasteiger charge is -2.22. The van der Waals surface area contributed by atoms with Crippen LogP contribution in [0.1, 0.15) is 25.3 Å². The Labute approximate surface area is 108 Å². The van der Waals surface area contributed by atoms with Crippen molar-refractivity contribution in [3.8, 4) is 6.07 Å². The first kappa shape index (κ1) is 13.1. The van der Waals surface area contributed by atoms with Crippen molar-refractivity contribution < 1.29 is 8.42 Å². The minimum atomic E-state index is -3.62. The van der Waals surface area contributed by atoms with Gasteiger partial charge in [-0.1, -0.05) is 17.7 Å².